The van der Waals surface area contributed by atoms with Crippen molar-refractivity contribution in [1.29, 1.82) is 5.26 Å². The van der Waals surface area contributed by atoms with Crippen molar-refractivity contribution in [2.75, 3.05) is 0 Å². The quantitative estimate of drug-likeness (QED) is 0.144. The lowest BCUT2D eigenvalue weighted by atomic mass is 9.99. The second-order valence-corrected chi connectivity index (χ2v) is 21.1. The highest BCUT2D eigenvalue weighted by Gasteiger charge is 2.25. The summed E-state index contributed by atoms with van der Waals surface area (Å²) in [6.07, 6.45) is 0. The number of hydrogen-bond acceptors (Lipinski definition) is 4. The van der Waals surface area contributed by atoms with Crippen molar-refractivity contribution in [2.24, 2.45) is 0 Å². The van der Waals surface area contributed by atoms with Gasteiger partial charge in [-0.1, -0.05) is 204 Å². The Kier molecular flexibility index (Phi) is 11.7. The number of aryl methyl sites for hydroxylation is 4. The summed E-state index contributed by atoms with van der Waals surface area (Å²) >= 11 is 0. The van der Waals surface area contributed by atoms with E-state index in [4.69, 9.17) is 15.0 Å². The molecule has 0 aliphatic rings. The summed E-state index contributed by atoms with van der Waals surface area (Å²) < 4.78 is 4.75. The molecule has 0 saturated carbocycles. The number of nitriles is 1. The number of aromatic nitrogens is 5. The molecule has 14 rings (SSSR count). The largest absolute Gasteiger partial charge is 0.307 e. The van der Waals surface area contributed by atoms with Gasteiger partial charge in [0.1, 0.15) is 0 Å². The summed E-state index contributed by atoms with van der Waals surface area (Å²) in [5, 5.41) is 16.0. The molecule has 0 unspecified atom stereocenters. The molecule has 0 saturated heterocycles. The fourth-order valence-electron chi connectivity index (χ4n) is 11.4. The number of rotatable bonds is 9. The first-order valence-corrected chi connectivity index (χ1v) is 27.1. The molecule has 0 aliphatic heterocycles. The Labute approximate surface area is 464 Å². The standard InChI is InChI=1S/C74H52N6/c1-46-15-23-50(24-16-46)56-31-35-66-62(39-56)63-40-57(51-25-17-47(2)18-26-51)32-36-67(63)79(66)70-43-60(45-75)61(74-77-72(54-11-7-5-8-12-54)76-73(78-74)55-13-9-6-10-14-55)44-71(70)80-68-37-33-58(52-27-19-48(3)20-28-52)41-64(68)65-42-59(34-38-69(65)80)53-29-21-49(4)22-30-53/h5-44H,1-4H3. The van der Waals surface area contributed by atoms with Crippen LogP contribution in [0.15, 0.2) is 243 Å². The number of hydrogen-bond donors (Lipinski definition) is 0. The molecule has 6 heteroatoms. The number of nitrogens with zero attached hydrogens (tertiary/aromatic N) is 6. The van der Waals surface area contributed by atoms with E-state index < -0.39 is 0 Å². The average molecular weight is 1030 g/mol. The molecular formula is C74H52N6. The van der Waals surface area contributed by atoms with E-state index in [1.54, 1.807) is 0 Å². The van der Waals surface area contributed by atoms with Crippen LogP contribution >= 0.6 is 0 Å². The highest BCUT2D eigenvalue weighted by Crippen LogP contribution is 2.44. The molecular weight excluding hydrogens is 973 g/mol. The van der Waals surface area contributed by atoms with Crippen molar-refractivity contribution >= 4 is 43.6 Å². The Hall–Kier alpha value is -10.5. The van der Waals surface area contributed by atoms with Crippen LogP contribution in [-0.2, 0) is 0 Å². The van der Waals surface area contributed by atoms with Crippen LogP contribution in [0.2, 0.25) is 0 Å². The summed E-state index contributed by atoms with van der Waals surface area (Å²) in [6.45, 7) is 8.50. The highest BCUT2D eigenvalue weighted by molar-refractivity contribution is 6.14. The van der Waals surface area contributed by atoms with E-state index in [1.165, 1.54) is 22.3 Å². The molecule has 0 atom stereocenters. The molecule has 6 nitrogen and oxygen atoms in total. The van der Waals surface area contributed by atoms with Gasteiger partial charge in [-0.25, -0.2) is 15.0 Å². The van der Waals surface area contributed by atoms with Gasteiger partial charge in [-0.05, 0) is 133 Å². The summed E-state index contributed by atoms with van der Waals surface area (Å²) in [6, 6.07) is 89.2. The maximum Gasteiger partial charge on any atom is 0.165 e. The second kappa shape index (κ2) is 19.5. The molecule has 14 aromatic rings. The van der Waals surface area contributed by atoms with Crippen molar-refractivity contribution in [3.63, 3.8) is 0 Å². The molecule has 0 N–H and O–H groups in total. The van der Waals surface area contributed by atoms with E-state index in [1.807, 2.05) is 60.7 Å². The van der Waals surface area contributed by atoms with Crippen molar-refractivity contribution < 1.29 is 0 Å². The van der Waals surface area contributed by atoms with Crippen LogP contribution in [0.3, 0.4) is 0 Å². The Morgan fingerprint density at radius 2 is 0.575 bits per heavy atom. The molecule has 0 radical (unpaired) electrons. The monoisotopic (exact) mass is 1020 g/mol. The molecule has 11 aromatic carbocycles. The minimum atomic E-state index is 0.402. The third-order valence-electron chi connectivity index (χ3n) is 15.7. The van der Waals surface area contributed by atoms with E-state index in [9.17, 15) is 5.26 Å². The third-order valence-corrected chi connectivity index (χ3v) is 15.7. The van der Waals surface area contributed by atoms with E-state index in [0.29, 0.717) is 28.6 Å². The first-order valence-electron chi connectivity index (χ1n) is 27.1. The second-order valence-electron chi connectivity index (χ2n) is 21.1. The van der Waals surface area contributed by atoms with Gasteiger partial charge in [-0.15, -0.1) is 0 Å². The Bertz CT molecular complexity index is 4490. The van der Waals surface area contributed by atoms with E-state index in [0.717, 1.165) is 111 Å². The fraction of sp³-hybridized carbons (Fsp3) is 0.0541. The first-order chi connectivity index (χ1) is 39.2. The molecule has 0 amide bonds. The number of benzene rings is 11. The Morgan fingerprint density at radius 1 is 0.287 bits per heavy atom. The van der Waals surface area contributed by atoms with Gasteiger partial charge in [0.25, 0.3) is 0 Å². The molecule has 80 heavy (non-hydrogen) atoms. The van der Waals surface area contributed by atoms with Crippen molar-refractivity contribution in [3.05, 3.63) is 270 Å². The zero-order valence-electron chi connectivity index (χ0n) is 44.8. The zero-order chi connectivity index (χ0) is 54.0. The SMILES string of the molecule is Cc1ccc(-c2ccc3c(c2)c2cc(-c4ccc(C)cc4)ccc2n3-c2cc(C#N)c(-c3nc(-c4ccccc4)nc(-c4ccccc4)n3)cc2-n2c3ccc(-c4ccc(C)cc4)cc3c3cc(-c4ccc(C)cc4)ccc32)cc1. The minimum Gasteiger partial charge on any atom is -0.307 e. The molecule has 0 spiro atoms. The van der Waals surface area contributed by atoms with Crippen molar-refractivity contribution in [1.82, 2.24) is 24.1 Å². The van der Waals surface area contributed by atoms with Crippen LogP contribution in [0.25, 0.3) is 134 Å². The molecule has 3 heterocycles. The van der Waals surface area contributed by atoms with Gasteiger partial charge in [-0.3, -0.25) is 0 Å². The van der Waals surface area contributed by atoms with E-state index in [-0.39, 0.29) is 0 Å². The lowest BCUT2D eigenvalue weighted by Crippen LogP contribution is -2.07. The lowest BCUT2D eigenvalue weighted by molar-refractivity contribution is 1.06. The summed E-state index contributed by atoms with van der Waals surface area (Å²) in [5.74, 6) is 1.44. The van der Waals surface area contributed by atoms with Crippen molar-refractivity contribution in [3.8, 4) is 96.1 Å². The normalized spacial score (nSPS) is 11.5. The molecule has 378 valence electrons. The van der Waals surface area contributed by atoms with E-state index >= 15 is 0 Å². The molecule has 0 bridgehead atoms. The molecule has 0 fully saturated rings. The van der Waals surface area contributed by atoms with Crippen LogP contribution < -0.4 is 0 Å². The highest BCUT2D eigenvalue weighted by atomic mass is 15.1. The van der Waals surface area contributed by atoms with Gasteiger partial charge < -0.3 is 9.13 Å². The third kappa shape index (κ3) is 8.50. The van der Waals surface area contributed by atoms with Crippen LogP contribution in [0.5, 0.6) is 0 Å². The minimum absolute atomic E-state index is 0.402. The van der Waals surface area contributed by atoms with Crippen LogP contribution in [-0.4, -0.2) is 24.1 Å². The first kappa shape index (κ1) is 47.9. The van der Waals surface area contributed by atoms with Gasteiger partial charge in [-0.2, -0.15) is 5.26 Å². The Balaban J connectivity index is 1.10. The van der Waals surface area contributed by atoms with E-state index in [2.05, 4.69) is 225 Å². The Morgan fingerprint density at radius 3 is 0.887 bits per heavy atom. The van der Waals surface area contributed by atoms with Crippen LogP contribution in [0.4, 0.5) is 0 Å². The van der Waals surface area contributed by atoms with Crippen LogP contribution in [0.1, 0.15) is 27.8 Å². The smallest absolute Gasteiger partial charge is 0.165 e. The summed E-state index contributed by atoms with van der Waals surface area (Å²) in [4.78, 5) is 15.6. The van der Waals surface area contributed by atoms with Gasteiger partial charge in [0, 0.05) is 38.2 Å². The predicted molar refractivity (Wildman–Crippen MR) is 330 cm³/mol. The van der Waals surface area contributed by atoms with Crippen molar-refractivity contribution in [2.45, 2.75) is 27.7 Å². The number of fused-ring (bicyclic) bond motifs is 6. The topological polar surface area (TPSA) is 72.3 Å². The van der Waals surface area contributed by atoms with Crippen LogP contribution in [0, 0.1) is 39.0 Å². The lowest BCUT2D eigenvalue weighted by Gasteiger charge is -2.19. The molecule has 0 aliphatic carbocycles. The predicted octanol–water partition coefficient (Wildman–Crippen LogP) is 18.8. The maximum absolute atomic E-state index is 11.6. The van der Waals surface area contributed by atoms with Gasteiger partial charge in [0.2, 0.25) is 0 Å². The summed E-state index contributed by atoms with van der Waals surface area (Å²) in [5.41, 5.74) is 22.4. The zero-order valence-corrected chi connectivity index (χ0v) is 44.8. The fourth-order valence-corrected chi connectivity index (χ4v) is 11.4. The molecule has 3 aromatic heterocycles. The summed E-state index contributed by atoms with van der Waals surface area (Å²) in [7, 11) is 0. The van der Waals surface area contributed by atoms with Gasteiger partial charge in [0.05, 0.1) is 45.1 Å². The average Bonchev–Trinajstić information content (AvgIpc) is 4.17. The van der Waals surface area contributed by atoms with Gasteiger partial charge in [0.15, 0.2) is 17.5 Å². The maximum atomic E-state index is 11.6. The van der Waals surface area contributed by atoms with Gasteiger partial charge >= 0.3 is 0 Å².